The van der Waals surface area contributed by atoms with Gasteiger partial charge in [-0.15, -0.1) is 0 Å². The van der Waals surface area contributed by atoms with Crippen LogP contribution in [0.25, 0.3) is 0 Å². The van der Waals surface area contributed by atoms with E-state index >= 15 is 0 Å². The number of hydrogen-bond donors (Lipinski definition) is 2. The Kier molecular flexibility index (Phi) is 0.649. The van der Waals surface area contributed by atoms with Gasteiger partial charge in [0, 0.05) is 0 Å². The highest BCUT2D eigenvalue weighted by molar-refractivity contribution is 5.95. The molecular weight excluding hydrogens is 122 g/mol. The lowest BCUT2D eigenvalue weighted by atomic mass is 9.96. The second-order valence-electron chi connectivity index (χ2n) is 2.43. The zero-order valence-electron chi connectivity index (χ0n) is 4.92. The van der Waals surface area contributed by atoms with Crippen LogP contribution in [0.2, 0.25) is 0 Å². The van der Waals surface area contributed by atoms with Crippen molar-refractivity contribution >= 4 is 5.91 Å². The average Bonchev–Trinajstić information content (AvgIpc) is 2.46. The van der Waals surface area contributed by atoms with Crippen molar-refractivity contribution in [3.63, 3.8) is 0 Å². The van der Waals surface area contributed by atoms with Crippen molar-refractivity contribution in [1.29, 1.82) is 0 Å². The normalized spacial score (nSPS) is 54.7. The third kappa shape index (κ3) is 0.361. The minimum atomic E-state index is -0.847. The molecule has 50 valence electrons. The molecule has 0 saturated carbocycles. The Bertz CT molecular complexity index is 181. The Hall–Kier alpha value is -0.610. The van der Waals surface area contributed by atoms with Crippen molar-refractivity contribution < 1.29 is 14.6 Å². The molecule has 2 heterocycles. The van der Waals surface area contributed by atoms with Crippen LogP contribution in [0, 0.1) is 0 Å². The third-order valence-corrected chi connectivity index (χ3v) is 1.95. The molecule has 3 atom stereocenters. The molecule has 0 aromatic heterocycles. The summed E-state index contributed by atoms with van der Waals surface area (Å²) in [6, 6.07) is 0. The molecule has 2 rings (SSSR count). The summed E-state index contributed by atoms with van der Waals surface area (Å²) in [6.07, 6.45) is -0.888. The van der Waals surface area contributed by atoms with Gasteiger partial charge in [0.2, 0.25) is 5.60 Å². The lowest BCUT2D eigenvalue weighted by molar-refractivity contribution is -0.149. The highest BCUT2D eigenvalue weighted by Gasteiger charge is 2.72. The van der Waals surface area contributed by atoms with Crippen molar-refractivity contribution in [1.82, 2.24) is 5.32 Å². The fraction of sp³-hybridized carbons (Fsp3) is 0.800. The lowest BCUT2D eigenvalue weighted by Crippen LogP contribution is -2.66. The summed E-state index contributed by atoms with van der Waals surface area (Å²) in [6.45, 7) is 1.77. The van der Waals surface area contributed by atoms with Crippen LogP contribution < -0.4 is 5.32 Å². The zero-order chi connectivity index (χ0) is 6.65. The van der Waals surface area contributed by atoms with E-state index in [9.17, 15) is 4.79 Å². The molecule has 0 bridgehead atoms. The summed E-state index contributed by atoms with van der Waals surface area (Å²) in [7, 11) is 0. The van der Waals surface area contributed by atoms with Gasteiger partial charge in [0.15, 0.2) is 6.23 Å². The summed E-state index contributed by atoms with van der Waals surface area (Å²) in [5, 5.41) is 11.2. The van der Waals surface area contributed by atoms with Crippen molar-refractivity contribution in [2.45, 2.75) is 24.9 Å². The smallest absolute Gasteiger partial charge is 0.261 e. The maximum absolute atomic E-state index is 10.6. The van der Waals surface area contributed by atoms with E-state index in [0.29, 0.717) is 0 Å². The van der Waals surface area contributed by atoms with E-state index < -0.39 is 11.8 Å². The lowest BCUT2D eigenvalue weighted by Gasteiger charge is -2.29. The van der Waals surface area contributed by atoms with Gasteiger partial charge in [-0.3, -0.25) is 4.79 Å². The van der Waals surface area contributed by atoms with Crippen LogP contribution >= 0.6 is 0 Å². The van der Waals surface area contributed by atoms with E-state index in [1.165, 1.54) is 0 Å². The first kappa shape index (κ1) is 5.20. The topological polar surface area (TPSA) is 61.9 Å². The molecule has 0 aliphatic carbocycles. The molecule has 4 nitrogen and oxygen atoms in total. The Morgan fingerprint density at radius 3 is 2.56 bits per heavy atom. The summed E-state index contributed by atoms with van der Waals surface area (Å²) < 4.78 is 4.90. The first-order chi connectivity index (χ1) is 4.18. The summed E-state index contributed by atoms with van der Waals surface area (Å²) in [5.74, 6) is -0.192. The number of carbonyl (C=O) groups excluding carboxylic acids is 1. The van der Waals surface area contributed by atoms with Gasteiger partial charge in [0.05, 0.1) is 6.10 Å². The summed E-state index contributed by atoms with van der Waals surface area (Å²) in [5.41, 5.74) is -0.847. The number of nitrogens with one attached hydrogen (secondary N) is 1. The number of aliphatic hydroxyl groups is 1. The number of carbonyl (C=O) groups is 1. The molecule has 1 amide bonds. The van der Waals surface area contributed by atoms with Gasteiger partial charge in [0.1, 0.15) is 0 Å². The molecule has 1 spiro atoms. The van der Waals surface area contributed by atoms with Gasteiger partial charge in [0.25, 0.3) is 5.91 Å². The number of ether oxygens (including phenoxy) is 1. The number of hydrogen-bond acceptors (Lipinski definition) is 3. The van der Waals surface area contributed by atoms with E-state index in [1.54, 1.807) is 6.92 Å². The quantitative estimate of drug-likeness (QED) is 0.312. The maximum atomic E-state index is 10.6. The molecule has 0 unspecified atom stereocenters. The Balaban J connectivity index is 2.21. The largest absolute Gasteiger partial charge is 0.370 e. The second-order valence-corrected chi connectivity index (χ2v) is 2.43. The Labute approximate surface area is 51.8 Å². The van der Waals surface area contributed by atoms with Crippen LogP contribution in [-0.2, 0) is 9.53 Å². The van der Waals surface area contributed by atoms with E-state index in [1.807, 2.05) is 0 Å². The Morgan fingerprint density at radius 1 is 1.89 bits per heavy atom. The van der Waals surface area contributed by atoms with Crippen molar-refractivity contribution in [2.75, 3.05) is 0 Å². The molecule has 0 aromatic carbocycles. The number of aliphatic hydroxyl groups excluding tert-OH is 1. The highest BCUT2D eigenvalue weighted by atomic mass is 16.6. The third-order valence-electron chi connectivity index (χ3n) is 1.95. The number of epoxide rings is 1. The molecule has 0 radical (unpaired) electrons. The maximum Gasteiger partial charge on any atom is 0.261 e. The van der Waals surface area contributed by atoms with Crippen LogP contribution in [0.3, 0.4) is 0 Å². The van der Waals surface area contributed by atoms with Crippen molar-refractivity contribution in [3.05, 3.63) is 0 Å². The minimum absolute atomic E-state index is 0.110. The first-order valence-corrected chi connectivity index (χ1v) is 2.85. The Morgan fingerprint density at radius 2 is 2.44 bits per heavy atom. The molecule has 0 aromatic rings. The van der Waals surface area contributed by atoms with E-state index in [-0.39, 0.29) is 12.0 Å². The van der Waals surface area contributed by atoms with E-state index in [2.05, 4.69) is 5.32 Å². The molecule has 2 aliphatic heterocycles. The van der Waals surface area contributed by atoms with Gasteiger partial charge in [-0.2, -0.15) is 0 Å². The first-order valence-electron chi connectivity index (χ1n) is 2.85. The molecule has 4 heteroatoms. The predicted molar refractivity (Wildman–Crippen MR) is 27.4 cm³/mol. The fourth-order valence-electron chi connectivity index (χ4n) is 1.17. The molecule has 2 aliphatic rings. The van der Waals surface area contributed by atoms with Crippen LogP contribution in [0.5, 0.6) is 0 Å². The fourth-order valence-corrected chi connectivity index (χ4v) is 1.17. The van der Waals surface area contributed by atoms with Gasteiger partial charge in [-0.25, -0.2) is 0 Å². The van der Waals surface area contributed by atoms with Crippen LogP contribution in [0.1, 0.15) is 6.92 Å². The zero-order valence-corrected chi connectivity index (χ0v) is 4.92. The molecule has 9 heavy (non-hydrogen) atoms. The summed E-state index contributed by atoms with van der Waals surface area (Å²) >= 11 is 0. The van der Waals surface area contributed by atoms with Crippen molar-refractivity contribution in [3.8, 4) is 0 Å². The second kappa shape index (κ2) is 1.12. The van der Waals surface area contributed by atoms with Crippen LogP contribution in [-0.4, -0.2) is 28.9 Å². The van der Waals surface area contributed by atoms with E-state index in [4.69, 9.17) is 9.84 Å². The van der Waals surface area contributed by atoms with Crippen LogP contribution in [0.15, 0.2) is 0 Å². The molecule has 2 saturated heterocycles. The van der Waals surface area contributed by atoms with Gasteiger partial charge < -0.3 is 15.2 Å². The van der Waals surface area contributed by atoms with Crippen molar-refractivity contribution in [2.24, 2.45) is 0 Å². The average molecular weight is 129 g/mol. The van der Waals surface area contributed by atoms with Gasteiger partial charge >= 0.3 is 0 Å². The number of rotatable bonds is 0. The van der Waals surface area contributed by atoms with Gasteiger partial charge in [-0.1, -0.05) is 0 Å². The standard InChI is InChI=1S/C5H7NO3/c1-2-5(9-2)3(7)6-4(5)8/h2-3,7H,1H3,(H,6,8)/t2-,3-,5+/m1/s1. The number of amides is 1. The molecule has 2 N–H and O–H groups in total. The number of β-lactam (4-membered cyclic amide) rings is 1. The SMILES string of the molecule is C[C@H]1O[C@@]12C(=O)N[C@@H]2O. The molecule has 2 fully saturated rings. The predicted octanol–water partition coefficient (Wildman–Crippen LogP) is -1.41. The highest BCUT2D eigenvalue weighted by Crippen LogP contribution is 2.43. The monoisotopic (exact) mass is 129 g/mol. The van der Waals surface area contributed by atoms with E-state index in [0.717, 1.165) is 0 Å². The minimum Gasteiger partial charge on any atom is -0.370 e. The van der Waals surface area contributed by atoms with Gasteiger partial charge in [-0.05, 0) is 6.92 Å². The summed E-state index contributed by atoms with van der Waals surface area (Å²) in [4.78, 5) is 10.6. The molecular formula is C5H7NO3. The van der Waals surface area contributed by atoms with Crippen LogP contribution in [0.4, 0.5) is 0 Å².